The van der Waals surface area contributed by atoms with Gasteiger partial charge in [-0.15, -0.1) is 0 Å². The first-order chi connectivity index (χ1) is 18.4. The lowest BCUT2D eigenvalue weighted by atomic mass is 9.95. The molecule has 8 aromatic rings. The maximum Gasteiger partial charge on any atom is 0.145 e. The molecule has 8 rings (SSSR count). The van der Waals surface area contributed by atoms with Gasteiger partial charge in [-0.05, 0) is 51.0 Å². The normalized spacial score (nSPS) is 11.8. The van der Waals surface area contributed by atoms with Crippen molar-refractivity contribution in [3.8, 4) is 22.3 Å². The summed E-state index contributed by atoms with van der Waals surface area (Å²) in [6.07, 6.45) is 1.89. The molecule has 0 atom stereocenters. The lowest BCUT2D eigenvalue weighted by molar-refractivity contribution is 1.26. The Morgan fingerprint density at radius 1 is 0.459 bits per heavy atom. The van der Waals surface area contributed by atoms with E-state index in [4.69, 9.17) is 4.98 Å². The Balaban J connectivity index is 1.45. The maximum atomic E-state index is 4.87. The third-order valence-corrected chi connectivity index (χ3v) is 7.62. The van der Waals surface area contributed by atoms with Crippen LogP contribution in [0.15, 0.2) is 134 Å². The van der Waals surface area contributed by atoms with Crippen LogP contribution in [0.25, 0.3) is 71.3 Å². The van der Waals surface area contributed by atoms with Crippen molar-refractivity contribution in [1.29, 1.82) is 0 Å². The van der Waals surface area contributed by atoms with Gasteiger partial charge >= 0.3 is 0 Å². The summed E-state index contributed by atoms with van der Waals surface area (Å²) in [6, 6.07) is 45.8. The highest BCUT2D eigenvalue weighted by molar-refractivity contribution is 6.21. The van der Waals surface area contributed by atoms with E-state index in [1.807, 2.05) is 12.3 Å². The van der Waals surface area contributed by atoms with Crippen LogP contribution in [0.3, 0.4) is 0 Å². The lowest BCUT2D eigenvalue weighted by Crippen LogP contribution is -1.92. The first-order valence-corrected chi connectivity index (χ1v) is 12.7. The zero-order valence-corrected chi connectivity index (χ0v) is 20.1. The zero-order valence-electron chi connectivity index (χ0n) is 20.1. The van der Waals surface area contributed by atoms with E-state index in [0.29, 0.717) is 0 Å². The van der Waals surface area contributed by atoms with Crippen LogP contribution in [-0.4, -0.2) is 9.38 Å². The van der Waals surface area contributed by atoms with Crippen LogP contribution in [0, 0.1) is 0 Å². The largest absolute Gasteiger partial charge is 0.293 e. The van der Waals surface area contributed by atoms with Crippen molar-refractivity contribution in [3.05, 3.63) is 134 Å². The fourth-order valence-electron chi connectivity index (χ4n) is 6.01. The van der Waals surface area contributed by atoms with Crippen molar-refractivity contribution in [3.63, 3.8) is 0 Å². The number of para-hydroxylation sites is 1. The summed E-state index contributed by atoms with van der Waals surface area (Å²) in [5.41, 5.74) is 8.29. The number of benzene rings is 5. The summed E-state index contributed by atoms with van der Waals surface area (Å²) in [5.74, 6) is 0. The van der Waals surface area contributed by atoms with Gasteiger partial charge in [-0.25, -0.2) is 4.98 Å². The Labute approximate surface area is 214 Å². The molecule has 0 saturated carbocycles. The van der Waals surface area contributed by atoms with Gasteiger partial charge in [0.05, 0.1) is 11.0 Å². The van der Waals surface area contributed by atoms with Gasteiger partial charge in [0.1, 0.15) is 5.65 Å². The molecule has 0 radical (unpaired) electrons. The number of hydrogen-bond donors (Lipinski definition) is 0. The van der Waals surface area contributed by atoms with E-state index in [9.17, 15) is 0 Å². The van der Waals surface area contributed by atoms with Crippen LogP contribution >= 0.6 is 0 Å². The molecule has 0 aliphatic heterocycles. The van der Waals surface area contributed by atoms with Crippen molar-refractivity contribution >= 4 is 49.0 Å². The summed E-state index contributed by atoms with van der Waals surface area (Å²) in [6.45, 7) is 0. The van der Waals surface area contributed by atoms with E-state index in [2.05, 4.69) is 126 Å². The zero-order chi connectivity index (χ0) is 24.3. The second kappa shape index (κ2) is 7.78. The molecule has 0 aliphatic rings. The lowest BCUT2D eigenvalue weighted by Gasteiger charge is -2.11. The molecule has 3 heterocycles. The minimum absolute atomic E-state index is 0.993. The molecular formula is C35H22N2. The SMILES string of the molecule is c1ccc2c(-c3ccc(-c4c5cccnc5n5c6ccccc6c6ccccc6c45)cc3)cccc2c1. The highest BCUT2D eigenvalue weighted by atomic mass is 15.0. The van der Waals surface area contributed by atoms with Gasteiger partial charge in [0.25, 0.3) is 0 Å². The van der Waals surface area contributed by atoms with Gasteiger partial charge in [-0.1, -0.05) is 109 Å². The van der Waals surface area contributed by atoms with Crippen LogP contribution in [0.4, 0.5) is 0 Å². The molecule has 0 aliphatic carbocycles. The number of nitrogens with zero attached hydrogens (tertiary/aromatic N) is 2. The molecule has 2 heteroatoms. The van der Waals surface area contributed by atoms with Gasteiger partial charge in [0.15, 0.2) is 0 Å². The minimum Gasteiger partial charge on any atom is -0.293 e. The molecule has 172 valence electrons. The molecule has 0 amide bonds. The van der Waals surface area contributed by atoms with Crippen LogP contribution in [-0.2, 0) is 0 Å². The Morgan fingerprint density at radius 2 is 1.11 bits per heavy atom. The summed E-state index contributed by atoms with van der Waals surface area (Å²) in [4.78, 5) is 4.87. The van der Waals surface area contributed by atoms with Crippen molar-refractivity contribution in [2.45, 2.75) is 0 Å². The molecule has 0 N–H and O–H groups in total. The third-order valence-electron chi connectivity index (χ3n) is 7.62. The highest BCUT2D eigenvalue weighted by Crippen LogP contribution is 2.42. The third kappa shape index (κ3) is 2.90. The van der Waals surface area contributed by atoms with Crippen molar-refractivity contribution in [2.75, 3.05) is 0 Å². The van der Waals surface area contributed by atoms with E-state index in [0.717, 1.165) is 5.65 Å². The molecule has 5 aromatic carbocycles. The van der Waals surface area contributed by atoms with E-state index >= 15 is 0 Å². The van der Waals surface area contributed by atoms with Crippen molar-refractivity contribution < 1.29 is 0 Å². The molecule has 2 nitrogen and oxygen atoms in total. The minimum atomic E-state index is 0.993. The van der Waals surface area contributed by atoms with Crippen LogP contribution < -0.4 is 0 Å². The number of hydrogen-bond acceptors (Lipinski definition) is 1. The smallest absolute Gasteiger partial charge is 0.145 e. The highest BCUT2D eigenvalue weighted by Gasteiger charge is 2.19. The summed E-state index contributed by atoms with van der Waals surface area (Å²) in [7, 11) is 0. The predicted molar refractivity (Wildman–Crippen MR) is 156 cm³/mol. The summed E-state index contributed by atoms with van der Waals surface area (Å²) >= 11 is 0. The second-order valence-corrected chi connectivity index (χ2v) is 9.60. The van der Waals surface area contributed by atoms with E-state index in [1.165, 1.54) is 65.6 Å². The molecule has 0 saturated heterocycles. The first-order valence-electron chi connectivity index (χ1n) is 12.7. The molecule has 0 unspecified atom stereocenters. The molecular weight excluding hydrogens is 448 g/mol. The Morgan fingerprint density at radius 3 is 1.97 bits per heavy atom. The second-order valence-electron chi connectivity index (χ2n) is 9.60. The average molecular weight is 471 g/mol. The summed E-state index contributed by atoms with van der Waals surface area (Å²) < 4.78 is 2.35. The van der Waals surface area contributed by atoms with Gasteiger partial charge in [-0.2, -0.15) is 0 Å². The topological polar surface area (TPSA) is 17.3 Å². The molecule has 0 fully saturated rings. The first kappa shape index (κ1) is 20.3. The van der Waals surface area contributed by atoms with Gasteiger partial charge in [-0.3, -0.25) is 4.40 Å². The number of rotatable bonds is 2. The van der Waals surface area contributed by atoms with Crippen molar-refractivity contribution in [2.24, 2.45) is 0 Å². The molecule has 0 spiro atoms. The molecule has 3 aromatic heterocycles. The Bertz CT molecular complexity index is 2130. The van der Waals surface area contributed by atoms with Crippen molar-refractivity contribution in [1.82, 2.24) is 9.38 Å². The van der Waals surface area contributed by atoms with E-state index < -0.39 is 0 Å². The van der Waals surface area contributed by atoms with Crippen LogP contribution in [0.5, 0.6) is 0 Å². The van der Waals surface area contributed by atoms with Gasteiger partial charge in [0, 0.05) is 27.9 Å². The van der Waals surface area contributed by atoms with Crippen LogP contribution in [0.2, 0.25) is 0 Å². The van der Waals surface area contributed by atoms with E-state index in [-0.39, 0.29) is 0 Å². The molecule has 37 heavy (non-hydrogen) atoms. The predicted octanol–water partition coefficient (Wildman–Crippen LogP) is 9.28. The standard InChI is InChI=1S/C35H22N2/c1-2-11-26-23(9-1)10-7-15-27(26)24-18-20-25(21-19-24)33-31-16-8-22-36-35(31)37-32-17-6-5-13-29(32)28-12-3-4-14-30(28)34(33)37/h1-22H. The number of fused-ring (bicyclic) bond motifs is 9. The monoisotopic (exact) mass is 470 g/mol. The van der Waals surface area contributed by atoms with Gasteiger partial charge in [0.2, 0.25) is 0 Å². The maximum absolute atomic E-state index is 4.87. The fraction of sp³-hybridized carbons (Fsp3) is 0. The number of aromatic nitrogens is 2. The quantitative estimate of drug-likeness (QED) is 0.230. The Hall–Kier alpha value is -4.95. The summed E-state index contributed by atoms with van der Waals surface area (Å²) in [5, 5.41) is 7.46. The fourth-order valence-corrected chi connectivity index (χ4v) is 6.01. The van der Waals surface area contributed by atoms with Gasteiger partial charge < -0.3 is 0 Å². The Kier molecular flexibility index (Phi) is 4.26. The van der Waals surface area contributed by atoms with E-state index in [1.54, 1.807) is 0 Å². The number of pyridine rings is 2. The van der Waals surface area contributed by atoms with Crippen LogP contribution in [0.1, 0.15) is 0 Å². The average Bonchev–Trinajstić information content (AvgIpc) is 3.33. The molecule has 0 bridgehead atoms.